The minimum Gasteiger partial charge on any atom is -0.363 e. The quantitative estimate of drug-likeness (QED) is 0.872. The SMILES string of the molecule is Cc1cnc(CNc2cc(Cl)nc(C3CC3)n2)s1. The van der Waals surface area contributed by atoms with Crippen molar-refractivity contribution in [3.05, 3.63) is 33.1 Å². The van der Waals surface area contributed by atoms with Crippen molar-refractivity contribution in [1.29, 1.82) is 0 Å². The number of halogens is 1. The number of aryl methyl sites for hydroxylation is 1. The predicted octanol–water partition coefficient (Wildman–Crippen LogP) is 3.38. The molecule has 1 fully saturated rings. The van der Waals surface area contributed by atoms with E-state index in [0.717, 1.165) is 16.6 Å². The van der Waals surface area contributed by atoms with Crippen LogP contribution in [0, 0.1) is 6.92 Å². The molecular formula is C12H13ClN4S. The number of thiazole rings is 1. The summed E-state index contributed by atoms with van der Waals surface area (Å²) in [5, 5.41) is 4.81. The Morgan fingerprint density at radius 1 is 1.44 bits per heavy atom. The zero-order valence-corrected chi connectivity index (χ0v) is 11.6. The Kier molecular flexibility index (Phi) is 3.18. The van der Waals surface area contributed by atoms with Crippen LogP contribution in [0.4, 0.5) is 5.82 Å². The van der Waals surface area contributed by atoms with Gasteiger partial charge in [-0.25, -0.2) is 15.0 Å². The average molecular weight is 281 g/mol. The maximum Gasteiger partial charge on any atom is 0.135 e. The van der Waals surface area contributed by atoms with Gasteiger partial charge in [0.05, 0.1) is 6.54 Å². The first-order valence-corrected chi connectivity index (χ1v) is 7.10. The van der Waals surface area contributed by atoms with Gasteiger partial charge in [-0.05, 0) is 19.8 Å². The first-order chi connectivity index (χ1) is 8.70. The Bertz CT molecular complexity index is 565. The molecule has 1 aliphatic rings. The van der Waals surface area contributed by atoms with Crippen LogP contribution in [0.2, 0.25) is 5.15 Å². The van der Waals surface area contributed by atoms with Crippen LogP contribution in [0.3, 0.4) is 0 Å². The van der Waals surface area contributed by atoms with Gasteiger partial charge in [0.2, 0.25) is 0 Å². The number of nitrogens with one attached hydrogen (secondary N) is 1. The summed E-state index contributed by atoms with van der Waals surface area (Å²) in [7, 11) is 0. The van der Waals surface area contributed by atoms with Crippen LogP contribution in [0.1, 0.15) is 34.5 Å². The molecule has 0 aliphatic heterocycles. The third kappa shape index (κ3) is 2.79. The van der Waals surface area contributed by atoms with Gasteiger partial charge in [0, 0.05) is 23.1 Å². The second kappa shape index (κ2) is 4.82. The highest BCUT2D eigenvalue weighted by molar-refractivity contribution is 7.11. The van der Waals surface area contributed by atoms with Crippen molar-refractivity contribution in [1.82, 2.24) is 15.0 Å². The maximum absolute atomic E-state index is 6.00. The normalized spacial score (nSPS) is 14.8. The lowest BCUT2D eigenvalue weighted by Crippen LogP contribution is -2.04. The van der Waals surface area contributed by atoms with E-state index in [2.05, 4.69) is 20.3 Å². The third-order valence-corrected chi connectivity index (χ3v) is 3.85. The molecule has 2 aromatic rings. The van der Waals surface area contributed by atoms with Gasteiger partial charge in [-0.1, -0.05) is 11.6 Å². The van der Waals surface area contributed by atoms with Gasteiger partial charge in [0.1, 0.15) is 21.8 Å². The third-order valence-electron chi connectivity index (χ3n) is 2.74. The van der Waals surface area contributed by atoms with E-state index in [-0.39, 0.29) is 0 Å². The molecule has 0 unspecified atom stereocenters. The molecule has 94 valence electrons. The van der Waals surface area contributed by atoms with Crippen LogP contribution in [0.25, 0.3) is 0 Å². The van der Waals surface area contributed by atoms with Crippen molar-refractivity contribution in [3.63, 3.8) is 0 Å². The van der Waals surface area contributed by atoms with Crippen LogP contribution in [0.15, 0.2) is 12.3 Å². The fourth-order valence-corrected chi connectivity index (χ4v) is 2.62. The van der Waals surface area contributed by atoms with E-state index >= 15 is 0 Å². The Hall–Kier alpha value is -1.20. The van der Waals surface area contributed by atoms with Gasteiger partial charge < -0.3 is 5.32 Å². The van der Waals surface area contributed by atoms with Crippen molar-refractivity contribution in [2.75, 3.05) is 5.32 Å². The molecule has 0 bridgehead atoms. The zero-order valence-electron chi connectivity index (χ0n) is 9.98. The van der Waals surface area contributed by atoms with Crippen molar-refractivity contribution in [3.8, 4) is 0 Å². The molecule has 2 aromatic heterocycles. The van der Waals surface area contributed by atoms with E-state index in [0.29, 0.717) is 17.6 Å². The van der Waals surface area contributed by atoms with E-state index in [1.165, 1.54) is 17.7 Å². The Morgan fingerprint density at radius 2 is 2.28 bits per heavy atom. The van der Waals surface area contributed by atoms with Crippen molar-refractivity contribution in [2.45, 2.75) is 32.2 Å². The highest BCUT2D eigenvalue weighted by Gasteiger charge is 2.27. The molecule has 4 nitrogen and oxygen atoms in total. The molecule has 2 heterocycles. The van der Waals surface area contributed by atoms with Crippen molar-refractivity contribution >= 4 is 28.8 Å². The maximum atomic E-state index is 6.00. The summed E-state index contributed by atoms with van der Waals surface area (Å²) in [5.74, 6) is 2.15. The molecule has 18 heavy (non-hydrogen) atoms. The number of hydrogen-bond acceptors (Lipinski definition) is 5. The minimum atomic E-state index is 0.504. The van der Waals surface area contributed by atoms with Crippen LogP contribution in [-0.2, 0) is 6.54 Å². The largest absolute Gasteiger partial charge is 0.363 e. The smallest absolute Gasteiger partial charge is 0.135 e. The summed E-state index contributed by atoms with van der Waals surface area (Å²) < 4.78 is 0. The summed E-state index contributed by atoms with van der Waals surface area (Å²) in [5.41, 5.74) is 0. The van der Waals surface area contributed by atoms with Crippen LogP contribution in [0.5, 0.6) is 0 Å². The van der Waals surface area contributed by atoms with Gasteiger partial charge in [-0.15, -0.1) is 11.3 Å². The topological polar surface area (TPSA) is 50.7 Å². The van der Waals surface area contributed by atoms with Crippen LogP contribution in [-0.4, -0.2) is 15.0 Å². The fraction of sp³-hybridized carbons (Fsp3) is 0.417. The lowest BCUT2D eigenvalue weighted by molar-refractivity contribution is 0.920. The number of aromatic nitrogens is 3. The molecule has 1 aliphatic carbocycles. The number of anilines is 1. The zero-order chi connectivity index (χ0) is 12.5. The van der Waals surface area contributed by atoms with E-state index in [1.807, 2.05) is 13.1 Å². The van der Waals surface area contributed by atoms with Gasteiger partial charge in [-0.3, -0.25) is 0 Å². The lowest BCUT2D eigenvalue weighted by atomic mass is 10.4. The van der Waals surface area contributed by atoms with E-state index < -0.39 is 0 Å². The molecule has 6 heteroatoms. The highest BCUT2D eigenvalue weighted by Crippen LogP contribution is 2.38. The molecule has 1 N–H and O–H groups in total. The highest BCUT2D eigenvalue weighted by atomic mass is 35.5. The van der Waals surface area contributed by atoms with Crippen LogP contribution < -0.4 is 5.32 Å². The summed E-state index contributed by atoms with van der Waals surface area (Å²) in [4.78, 5) is 14.3. The Balaban J connectivity index is 1.71. The van der Waals surface area contributed by atoms with Gasteiger partial charge in [0.15, 0.2) is 0 Å². The summed E-state index contributed by atoms with van der Waals surface area (Å²) in [6.07, 6.45) is 4.22. The van der Waals surface area contributed by atoms with Gasteiger partial charge in [-0.2, -0.15) is 0 Å². The monoisotopic (exact) mass is 280 g/mol. The second-order valence-electron chi connectivity index (χ2n) is 4.43. The number of rotatable bonds is 4. The predicted molar refractivity (Wildman–Crippen MR) is 73.2 cm³/mol. The number of hydrogen-bond donors (Lipinski definition) is 1. The van der Waals surface area contributed by atoms with Crippen molar-refractivity contribution < 1.29 is 0 Å². The lowest BCUT2D eigenvalue weighted by Gasteiger charge is -2.05. The molecule has 3 rings (SSSR count). The van der Waals surface area contributed by atoms with E-state index in [1.54, 1.807) is 17.4 Å². The molecule has 0 radical (unpaired) electrons. The molecule has 0 saturated heterocycles. The fourth-order valence-electron chi connectivity index (χ4n) is 1.70. The van der Waals surface area contributed by atoms with E-state index in [4.69, 9.17) is 11.6 Å². The van der Waals surface area contributed by atoms with Gasteiger partial charge >= 0.3 is 0 Å². The van der Waals surface area contributed by atoms with E-state index in [9.17, 15) is 0 Å². The second-order valence-corrected chi connectivity index (χ2v) is 6.13. The van der Waals surface area contributed by atoms with Crippen molar-refractivity contribution in [2.24, 2.45) is 0 Å². The summed E-state index contributed by atoms with van der Waals surface area (Å²) in [6, 6.07) is 1.76. The van der Waals surface area contributed by atoms with Crippen LogP contribution >= 0.6 is 22.9 Å². The molecule has 0 spiro atoms. The average Bonchev–Trinajstić information content (AvgIpc) is 3.10. The Labute approximate surface area is 114 Å². The van der Waals surface area contributed by atoms with Gasteiger partial charge in [0.25, 0.3) is 0 Å². The molecule has 0 aromatic carbocycles. The summed E-state index contributed by atoms with van der Waals surface area (Å²) in [6.45, 7) is 2.73. The number of nitrogens with zero attached hydrogens (tertiary/aromatic N) is 3. The molecule has 1 saturated carbocycles. The standard InChI is InChI=1S/C12H13ClN4S/c1-7-5-15-11(18-7)6-14-10-4-9(13)16-12(17-10)8-2-3-8/h4-5,8H,2-3,6H2,1H3,(H,14,16,17). The molecule has 0 atom stereocenters. The first-order valence-electron chi connectivity index (χ1n) is 5.90. The summed E-state index contributed by atoms with van der Waals surface area (Å²) >= 11 is 7.69. The molecular weight excluding hydrogens is 268 g/mol. The first kappa shape index (κ1) is 11.9. The molecule has 0 amide bonds. The Morgan fingerprint density at radius 3 is 2.94 bits per heavy atom. The minimum absolute atomic E-state index is 0.504.